The summed E-state index contributed by atoms with van der Waals surface area (Å²) in [4.78, 5) is 16.1. The molecule has 110 valence electrons. The zero-order valence-corrected chi connectivity index (χ0v) is 12.3. The van der Waals surface area contributed by atoms with Crippen molar-refractivity contribution in [3.63, 3.8) is 0 Å². The minimum atomic E-state index is -0.400. The van der Waals surface area contributed by atoms with Gasteiger partial charge in [0, 0.05) is 12.2 Å². The molecule has 1 aromatic heterocycles. The van der Waals surface area contributed by atoms with Gasteiger partial charge in [0.25, 0.3) is 0 Å². The largest absolute Gasteiger partial charge is 0.462 e. The molecular weight excluding hydrogens is 254 g/mol. The molecule has 1 saturated carbocycles. The number of aromatic nitrogens is 1. The lowest BCUT2D eigenvalue weighted by atomic mass is 9.98. The standard InChI is InChI=1S/C15H23N3O2/c1-4-20-15(19)11-7-8-17-14(13(11)16)18-12-6-5-9(2)10(12)3/h7-10,12H,4-6,16H2,1-3H3,(H,17,18). The molecule has 0 amide bonds. The topological polar surface area (TPSA) is 77.2 Å². The summed E-state index contributed by atoms with van der Waals surface area (Å²) in [6.07, 6.45) is 3.90. The Labute approximate surface area is 119 Å². The maximum atomic E-state index is 11.8. The van der Waals surface area contributed by atoms with Crippen molar-refractivity contribution in [2.75, 3.05) is 17.7 Å². The highest BCUT2D eigenvalue weighted by molar-refractivity contribution is 5.97. The number of anilines is 2. The minimum absolute atomic E-state index is 0.334. The van der Waals surface area contributed by atoms with Gasteiger partial charge in [0.05, 0.1) is 17.9 Å². The Morgan fingerprint density at radius 3 is 2.85 bits per heavy atom. The normalized spacial score (nSPS) is 25.4. The second kappa shape index (κ2) is 6.11. The van der Waals surface area contributed by atoms with Crippen molar-refractivity contribution in [3.05, 3.63) is 17.8 Å². The SMILES string of the molecule is CCOC(=O)c1ccnc(NC2CCC(C)C2C)c1N. The first-order valence-corrected chi connectivity index (χ1v) is 7.22. The molecule has 0 aliphatic heterocycles. The average Bonchev–Trinajstić information content (AvgIpc) is 2.73. The summed E-state index contributed by atoms with van der Waals surface area (Å²) in [6, 6.07) is 1.95. The highest BCUT2D eigenvalue weighted by Gasteiger charge is 2.30. The third kappa shape index (κ3) is 2.86. The van der Waals surface area contributed by atoms with Crippen LogP contribution in [0.25, 0.3) is 0 Å². The van der Waals surface area contributed by atoms with Crippen LogP contribution in [0.5, 0.6) is 0 Å². The first kappa shape index (κ1) is 14.6. The number of carbonyl (C=O) groups is 1. The van der Waals surface area contributed by atoms with Gasteiger partial charge in [0.15, 0.2) is 0 Å². The van der Waals surface area contributed by atoms with Crippen molar-refractivity contribution in [2.45, 2.75) is 39.7 Å². The molecule has 1 heterocycles. The number of nitrogens with one attached hydrogen (secondary N) is 1. The van der Waals surface area contributed by atoms with E-state index in [1.807, 2.05) is 0 Å². The molecule has 20 heavy (non-hydrogen) atoms. The fourth-order valence-electron chi connectivity index (χ4n) is 2.72. The van der Waals surface area contributed by atoms with Gasteiger partial charge in [-0.25, -0.2) is 9.78 Å². The van der Waals surface area contributed by atoms with E-state index in [2.05, 4.69) is 24.1 Å². The van der Waals surface area contributed by atoms with Gasteiger partial charge in [-0.15, -0.1) is 0 Å². The summed E-state index contributed by atoms with van der Waals surface area (Å²) in [7, 11) is 0. The number of esters is 1. The van der Waals surface area contributed by atoms with Crippen LogP contribution in [0.1, 0.15) is 44.0 Å². The highest BCUT2D eigenvalue weighted by Crippen LogP contribution is 2.34. The van der Waals surface area contributed by atoms with Gasteiger partial charge < -0.3 is 15.8 Å². The summed E-state index contributed by atoms with van der Waals surface area (Å²) in [5, 5.41) is 3.38. The van der Waals surface area contributed by atoms with E-state index >= 15 is 0 Å². The zero-order valence-electron chi connectivity index (χ0n) is 12.3. The van der Waals surface area contributed by atoms with Gasteiger partial charge in [0.1, 0.15) is 5.82 Å². The van der Waals surface area contributed by atoms with E-state index in [1.165, 1.54) is 6.42 Å². The van der Waals surface area contributed by atoms with E-state index in [1.54, 1.807) is 19.2 Å². The Morgan fingerprint density at radius 2 is 2.25 bits per heavy atom. The quantitative estimate of drug-likeness (QED) is 0.827. The van der Waals surface area contributed by atoms with Crippen LogP contribution in [0.2, 0.25) is 0 Å². The van der Waals surface area contributed by atoms with Gasteiger partial charge in [-0.05, 0) is 37.7 Å². The molecule has 0 aromatic carbocycles. The van der Waals surface area contributed by atoms with Crippen LogP contribution in [0.4, 0.5) is 11.5 Å². The molecule has 1 aliphatic carbocycles. The number of hydrogen-bond donors (Lipinski definition) is 2. The number of rotatable bonds is 4. The summed E-state index contributed by atoms with van der Waals surface area (Å²) in [6.45, 7) is 6.61. The van der Waals surface area contributed by atoms with E-state index in [4.69, 9.17) is 10.5 Å². The second-order valence-corrected chi connectivity index (χ2v) is 5.51. The van der Waals surface area contributed by atoms with Crippen LogP contribution < -0.4 is 11.1 Å². The molecule has 1 fully saturated rings. The third-order valence-electron chi connectivity index (χ3n) is 4.27. The zero-order chi connectivity index (χ0) is 14.7. The number of nitrogens with zero attached hydrogens (tertiary/aromatic N) is 1. The van der Waals surface area contributed by atoms with E-state index in [-0.39, 0.29) is 0 Å². The molecule has 1 aliphatic rings. The van der Waals surface area contributed by atoms with Crippen molar-refractivity contribution in [1.29, 1.82) is 0 Å². The van der Waals surface area contributed by atoms with Crippen LogP contribution in [0.3, 0.4) is 0 Å². The summed E-state index contributed by atoms with van der Waals surface area (Å²) in [5.74, 6) is 1.45. The molecule has 5 heteroatoms. The molecule has 3 unspecified atom stereocenters. The molecule has 3 atom stereocenters. The van der Waals surface area contributed by atoms with Gasteiger partial charge in [-0.1, -0.05) is 13.8 Å². The van der Waals surface area contributed by atoms with Crippen LogP contribution in [0.15, 0.2) is 12.3 Å². The number of pyridine rings is 1. The summed E-state index contributed by atoms with van der Waals surface area (Å²) in [5.41, 5.74) is 6.80. The lowest BCUT2D eigenvalue weighted by Gasteiger charge is -2.21. The van der Waals surface area contributed by atoms with Gasteiger partial charge in [-0.3, -0.25) is 0 Å². The molecule has 3 N–H and O–H groups in total. The van der Waals surface area contributed by atoms with Gasteiger partial charge >= 0.3 is 5.97 Å². The van der Waals surface area contributed by atoms with Crippen molar-refractivity contribution in [3.8, 4) is 0 Å². The van der Waals surface area contributed by atoms with Gasteiger partial charge in [-0.2, -0.15) is 0 Å². The van der Waals surface area contributed by atoms with E-state index in [0.29, 0.717) is 41.6 Å². The lowest BCUT2D eigenvalue weighted by Crippen LogP contribution is -2.25. The number of nitrogens with two attached hydrogens (primary N) is 1. The van der Waals surface area contributed by atoms with Crippen LogP contribution in [-0.2, 0) is 4.74 Å². The number of hydrogen-bond acceptors (Lipinski definition) is 5. The van der Waals surface area contributed by atoms with Crippen molar-refractivity contribution in [2.24, 2.45) is 11.8 Å². The predicted molar refractivity (Wildman–Crippen MR) is 79.6 cm³/mol. The van der Waals surface area contributed by atoms with E-state index in [9.17, 15) is 4.79 Å². The van der Waals surface area contributed by atoms with Crippen molar-refractivity contribution < 1.29 is 9.53 Å². The van der Waals surface area contributed by atoms with Crippen molar-refractivity contribution in [1.82, 2.24) is 4.98 Å². The summed E-state index contributed by atoms with van der Waals surface area (Å²) < 4.78 is 5.00. The Kier molecular flexibility index (Phi) is 4.47. The molecule has 0 saturated heterocycles. The van der Waals surface area contributed by atoms with E-state index < -0.39 is 5.97 Å². The Balaban J connectivity index is 2.17. The summed E-state index contributed by atoms with van der Waals surface area (Å²) >= 11 is 0. The van der Waals surface area contributed by atoms with Crippen LogP contribution in [-0.4, -0.2) is 23.6 Å². The second-order valence-electron chi connectivity index (χ2n) is 5.51. The maximum absolute atomic E-state index is 11.8. The minimum Gasteiger partial charge on any atom is -0.462 e. The monoisotopic (exact) mass is 277 g/mol. The lowest BCUT2D eigenvalue weighted by molar-refractivity contribution is 0.0527. The Bertz CT molecular complexity index is 490. The Morgan fingerprint density at radius 1 is 1.50 bits per heavy atom. The first-order chi connectivity index (χ1) is 9.54. The molecule has 0 spiro atoms. The molecule has 2 rings (SSSR count). The Hall–Kier alpha value is -1.78. The maximum Gasteiger partial charge on any atom is 0.340 e. The van der Waals surface area contributed by atoms with Gasteiger partial charge in [0.2, 0.25) is 0 Å². The van der Waals surface area contributed by atoms with Crippen LogP contribution >= 0.6 is 0 Å². The number of nitrogen functional groups attached to an aromatic ring is 1. The molecular formula is C15H23N3O2. The highest BCUT2D eigenvalue weighted by atomic mass is 16.5. The average molecular weight is 277 g/mol. The van der Waals surface area contributed by atoms with E-state index in [0.717, 1.165) is 6.42 Å². The van der Waals surface area contributed by atoms with Crippen molar-refractivity contribution >= 4 is 17.5 Å². The number of ether oxygens (including phenoxy) is 1. The molecule has 1 aromatic rings. The molecule has 0 radical (unpaired) electrons. The third-order valence-corrected chi connectivity index (χ3v) is 4.27. The first-order valence-electron chi connectivity index (χ1n) is 7.22. The molecule has 5 nitrogen and oxygen atoms in total. The smallest absolute Gasteiger partial charge is 0.340 e. The predicted octanol–water partition coefficient (Wildman–Crippen LogP) is 2.69. The fraction of sp³-hybridized carbons (Fsp3) is 0.600. The molecule has 0 bridgehead atoms. The fourth-order valence-corrected chi connectivity index (χ4v) is 2.72. The number of carbonyl (C=O) groups excluding carboxylic acids is 1. The van der Waals surface area contributed by atoms with Crippen LogP contribution in [0, 0.1) is 11.8 Å².